The molecule has 0 saturated carbocycles. The van der Waals surface area contributed by atoms with Crippen LogP contribution < -0.4 is 5.32 Å². The minimum absolute atomic E-state index is 0.00741. The second-order valence-corrected chi connectivity index (χ2v) is 2.55. The van der Waals surface area contributed by atoms with Crippen LogP contribution >= 0.6 is 0 Å². The highest BCUT2D eigenvalue weighted by molar-refractivity contribution is 5.88. The van der Waals surface area contributed by atoms with Gasteiger partial charge in [0.05, 0.1) is 4.92 Å². The van der Waals surface area contributed by atoms with Crippen molar-refractivity contribution < 1.29 is 9.72 Å². The first-order chi connectivity index (χ1) is 7.56. The smallest absolute Gasteiger partial charge is 0.292 e. The van der Waals surface area contributed by atoms with Crippen molar-refractivity contribution in [1.29, 1.82) is 0 Å². The summed E-state index contributed by atoms with van der Waals surface area (Å²) in [4.78, 5) is 21.1. The van der Waals surface area contributed by atoms with Gasteiger partial charge in [-0.3, -0.25) is 14.9 Å². The van der Waals surface area contributed by atoms with E-state index in [-0.39, 0.29) is 11.4 Å². The Labute approximate surface area is 93.3 Å². The molecule has 0 bridgehead atoms. The summed E-state index contributed by atoms with van der Waals surface area (Å²) in [6, 6.07) is 0. The number of nitrogens with zero attached hydrogens (tertiary/aromatic N) is 1. The molecule has 1 amide bonds. The summed E-state index contributed by atoms with van der Waals surface area (Å²) in [7, 11) is 0. The molecule has 0 aromatic carbocycles. The van der Waals surface area contributed by atoms with Crippen molar-refractivity contribution in [3.05, 3.63) is 71.6 Å². The maximum absolute atomic E-state index is 11.0. The molecule has 0 heterocycles. The molecule has 84 valence electrons. The SMILES string of the molecule is C=C/C=C\C(=C(/C=C)NC(=O)C=C)[N+](=O)[O-]. The zero-order chi connectivity index (χ0) is 12.6. The van der Waals surface area contributed by atoms with Crippen LogP contribution in [0.3, 0.4) is 0 Å². The fraction of sp³-hybridized carbons (Fsp3) is 0. The van der Waals surface area contributed by atoms with E-state index in [2.05, 4.69) is 25.1 Å². The largest absolute Gasteiger partial charge is 0.317 e. The fourth-order valence-corrected chi connectivity index (χ4v) is 0.812. The van der Waals surface area contributed by atoms with Gasteiger partial charge in [-0.1, -0.05) is 31.9 Å². The van der Waals surface area contributed by atoms with Gasteiger partial charge in [-0.2, -0.15) is 0 Å². The van der Waals surface area contributed by atoms with Crippen molar-refractivity contribution >= 4 is 5.91 Å². The van der Waals surface area contributed by atoms with Crippen molar-refractivity contribution in [2.24, 2.45) is 0 Å². The second-order valence-electron chi connectivity index (χ2n) is 2.55. The molecular weight excluding hydrogens is 208 g/mol. The van der Waals surface area contributed by atoms with Crippen molar-refractivity contribution in [3.63, 3.8) is 0 Å². The first-order valence-corrected chi connectivity index (χ1v) is 4.30. The number of rotatable bonds is 6. The number of nitro groups is 1. The molecular formula is C11H12N2O3. The zero-order valence-electron chi connectivity index (χ0n) is 8.68. The lowest BCUT2D eigenvalue weighted by molar-refractivity contribution is -0.420. The molecule has 0 radical (unpaired) electrons. The molecule has 0 fully saturated rings. The van der Waals surface area contributed by atoms with Crippen molar-refractivity contribution in [3.8, 4) is 0 Å². The predicted octanol–water partition coefficient (Wildman–Crippen LogP) is 1.71. The van der Waals surface area contributed by atoms with E-state index in [1.54, 1.807) is 0 Å². The highest BCUT2D eigenvalue weighted by Gasteiger charge is 2.13. The summed E-state index contributed by atoms with van der Waals surface area (Å²) in [6.07, 6.45) is 6.19. The van der Waals surface area contributed by atoms with Crippen LogP contribution in [0.1, 0.15) is 0 Å². The van der Waals surface area contributed by atoms with Gasteiger partial charge in [0.15, 0.2) is 0 Å². The molecule has 0 atom stereocenters. The van der Waals surface area contributed by atoms with E-state index in [0.29, 0.717) is 0 Å². The monoisotopic (exact) mass is 220 g/mol. The van der Waals surface area contributed by atoms with Gasteiger partial charge in [0.1, 0.15) is 5.70 Å². The van der Waals surface area contributed by atoms with Crippen molar-refractivity contribution in [1.82, 2.24) is 5.32 Å². The van der Waals surface area contributed by atoms with E-state index in [1.807, 2.05) is 0 Å². The van der Waals surface area contributed by atoms with E-state index in [4.69, 9.17) is 0 Å². The van der Waals surface area contributed by atoms with Gasteiger partial charge >= 0.3 is 0 Å². The molecule has 0 aliphatic heterocycles. The second kappa shape index (κ2) is 6.94. The molecule has 5 heteroatoms. The molecule has 0 spiro atoms. The maximum atomic E-state index is 11.0. The first-order valence-electron chi connectivity index (χ1n) is 4.30. The van der Waals surface area contributed by atoms with Crippen LogP contribution in [0.25, 0.3) is 0 Å². The maximum Gasteiger partial charge on any atom is 0.292 e. The average molecular weight is 220 g/mol. The topological polar surface area (TPSA) is 72.2 Å². The Morgan fingerprint density at radius 3 is 2.25 bits per heavy atom. The number of carbonyl (C=O) groups excluding carboxylic acids is 1. The summed E-state index contributed by atoms with van der Waals surface area (Å²) >= 11 is 0. The Kier molecular flexibility index (Phi) is 5.89. The molecule has 5 nitrogen and oxygen atoms in total. The third kappa shape index (κ3) is 4.19. The van der Waals surface area contributed by atoms with Crippen LogP contribution in [0.4, 0.5) is 0 Å². The first kappa shape index (κ1) is 13.6. The molecule has 0 aliphatic rings. The van der Waals surface area contributed by atoms with E-state index in [1.165, 1.54) is 24.3 Å². The van der Waals surface area contributed by atoms with Crippen LogP contribution in [-0.2, 0) is 4.79 Å². The molecule has 0 aromatic rings. The number of hydrogen-bond donors (Lipinski definition) is 1. The van der Waals surface area contributed by atoms with Crippen molar-refractivity contribution in [2.45, 2.75) is 0 Å². The lowest BCUT2D eigenvalue weighted by Crippen LogP contribution is -2.21. The molecule has 1 N–H and O–H groups in total. The molecule has 16 heavy (non-hydrogen) atoms. The van der Waals surface area contributed by atoms with E-state index in [0.717, 1.165) is 6.08 Å². The molecule has 0 saturated heterocycles. The number of hydrogen-bond acceptors (Lipinski definition) is 3. The van der Waals surface area contributed by atoms with E-state index >= 15 is 0 Å². The number of carbonyl (C=O) groups is 1. The standard InChI is InChI=1S/C11H12N2O3/c1-4-7-8-10(13(15)16)9(5-2)12-11(14)6-3/h4-8H,1-3H2,(H,12,14)/b8-7-,10-9-. The van der Waals surface area contributed by atoms with Crippen LogP contribution in [0.5, 0.6) is 0 Å². The van der Waals surface area contributed by atoms with E-state index < -0.39 is 10.8 Å². The Morgan fingerprint density at radius 1 is 1.25 bits per heavy atom. The molecule has 0 aromatic heterocycles. The molecule has 0 unspecified atom stereocenters. The number of amides is 1. The quantitative estimate of drug-likeness (QED) is 0.320. The van der Waals surface area contributed by atoms with Crippen molar-refractivity contribution in [2.75, 3.05) is 0 Å². The van der Waals surface area contributed by atoms with Gasteiger partial charge in [-0.25, -0.2) is 0 Å². The highest BCUT2D eigenvalue weighted by Crippen LogP contribution is 2.06. The van der Waals surface area contributed by atoms with Crippen LogP contribution in [-0.4, -0.2) is 10.8 Å². The molecule has 0 rings (SSSR count). The lowest BCUT2D eigenvalue weighted by atomic mass is 10.3. The third-order valence-corrected chi connectivity index (χ3v) is 1.51. The van der Waals surface area contributed by atoms with Crippen LogP contribution in [0.2, 0.25) is 0 Å². The van der Waals surface area contributed by atoms with Gasteiger partial charge in [0.25, 0.3) is 5.70 Å². The minimum Gasteiger partial charge on any atom is -0.317 e. The summed E-state index contributed by atoms with van der Waals surface area (Å²) in [5.41, 5.74) is -0.266. The summed E-state index contributed by atoms with van der Waals surface area (Å²) < 4.78 is 0. The third-order valence-electron chi connectivity index (χ3n) is 1.51. The van der Waals surface area contributed by atoms with Gasteiger partial charge in [-0.05, 0) is 12.2 Å². The lowest BCUT2D eigenvalue weighted by Gasteiger charge is -2.02. The minimum atomic E-state index is -0.625. The Morgan fingerprint density at radius 2 is 1.88 bits per heavy atom. The highest BCUT2D eigenvalue weighted by atomic mass is 16.6. The Balaban J connectivity index is 5.31. The normalized spacial score (nSPS) is 11.5. The summed E-state index contributed by atoms with van der Waals surface area (Å²) in [5.74, 6) is -0.541. The van der Waals surface area contributed by atoms with Gasteiger partial charge < -0.3 is 5.32 Å². The summed E-state index contributed by atoms with van der Waals surface area (Å²) in [6.45, 7) is 10.0. The zero-order valence-corrected chi connectivity index (χ0v) is 8.68. The average Bonchev–Trinajstić information content (AvgIpc) is 2.27. The molecule has 0 aliphatic carbocycles. The Hall–Kier alpha value is -2.43. The fourth-order valence-electron chi connectivity index (χ4n) is 0.812. The number of nitrogens with one attached hydrogen (secondary N) is 1. The van der Waals surface area contributed by atoms with E-state index in [9.17, 15) is 14.9 Å². The van der Waals surface area contributed by atoms with Gasteiger partial charge in [0, 0.05) is 6.08 Å². The Bertz CT molecular complexity index is 392. The van der Waals surface area contributed by atoms with Crippen LogP contribution in [0, 0.1) is 10.1 Å². The number of allylic oxidation sites excluding steroid dienone is 4. The van der Waals surface area contributed by atoms with Crippen LogP contribution in [0.15, 0.2) is 61.5 Å². The predicted molar refractivity (Wildman–Crippen MR) is 61.9 cm³/mol. The summed E-state index contributed by atoms with van der Waals surface area (Å²) in [5, 5.41) is 13.0. The van der Waals surface area contributed by atoms with Gasteiger partial charge in [0.2, 0.25) is 5.91 Å². The van der Waals surface area contributed by atoms with Gasteiger partial charge in [-0.15, -0.1) is 0 Å².